The van der Waals surface area contributed by atoms with E-state index in [0.29, 0.717) is 12.2 Å². The number of hydrogen-bond acceptors (Lipinski definition) is 3. The van der Waals surface area contributed by atoms with Gasteiger partial charge >= 0.3 is 5.97 Å². The van der Waals surface area contributed by atoms with Crippen molar-refractivity contribution in [2.75, 3.05) is 0 Å². The quantitative estimate of drug-likeness (QED) is 0.663. The Morgan fingerprint density at radius 3 is 3.09 bits per heavy atom. The summed E-state index contributed by atoms with van der Waals surface area (Å²) in [4.78, 5) is 10.3. The second-order valence-corrected chi connectivity index (χ2v) is 2.11. The monoisotopic (exact) mass is 155 g/mol. The smallest absolute Gasteiger partial charge is 0.309 e. The van der Waals surface area contributed by atoms with E-state index in [9.17, 15) is 4.79 Å². The average Bonchev–Trinajstić information content (AvgIpc) is 2.34. The van der Waals surface area contributed by atoms with Gasteiger partial charge < -0.3 is 5.11 Å². The van der Waals surface area contributed by atoms with Gasteiger partial charge in [-0.3, -0.25) is 4.79 Å². The van der Waals surface area contributed by atoms with Gasteiger partial charge in [0.1, 0.15) is 0 Å². The molecule has 0 fully saturated rings. The van der Waals surface area contributed by atoms with Crippen LogP contribution in [-0.2, 0) is 17.8 Å². The molecule has 0 aromatic carbocycles. The van der Waals surface area contributed by atoms with Gasteiger partial charge in [-0.05, 0) is 6.92 Å². The number of aliphatic carboxylic acids is 1. The molecule has 0 atom stereocenters. The molecule has 0 radical (unpaired) electrons. The summed E-state index contributed by atoms with van der Waals surface area (Å²) < 4.78 is 1.56. The zero-order valence-electron chi connectivity index (χ0n) is 6.19. The Hall–Kier alpha value is -1.39. The van der Waals surface area contributed by atoms with Gasteiger partial charge in [0.15, 0.2) is 0 Å². The molecular weight excluding hydrogens is 146 g/mol. The van der Waals surface area contributed by atoms with E-state index in [0.717, 1.165) is 0 Å². The standard InChI is InChI=1S/C6H9N3O2/c1-2-9-5(3-6(10)11)4-7-8-9/h4H,2-3H2,1H3,(H,10,11). The lowest BCUT2D eigenvalue weighted by Gasteiger charge is -1.97. The first-order valence-corrected chi connectivity index (χ1v) is 3.33. The zero-order chi connectivity index (χ0) is 8.27. The normalized spacial score (nSPS) is 9.91. The van der Waals surface area contributed by atoms with Gasteiger partial charge in [-0.2, -0.15) is 0 Å². The fraction of sp³-hybridized carbons (Fsp3) is 0.500. The van der Waals surface area contributed by atoms with Crippen molar-refractivity contribution in [3.05, 3.63) is 11.9 Å². The molecule has 0 saturated heterocycles. The Balaban J connectivity index is 2.76. The molecule has 5 heteroatoms. The molecule has 5 nitrogen and oxygen atoms in total. The van der Waals surface area contributed by atoms with E-state index in [1.807, 2.05) is 6.92 Å². The molecule has 0 amide bonds. The summed E-state index contributed by atoms with van der Waals surface area (Å²) in [6, 6.07) is 0. The van der Waals surface area contributed by atoms with Crippen LogP contribution in [0.5, 0.6) is 0 Å². The van der Waals surface area contributed by atoms with Crippen LogP contribution in [0.25, 0.3) is 0 Å². The Bertz CT molecular complexity index is 256. The van der Waals surface area contributed by atoms with Gasteiger partial charge in [0.25, 0.3) is 0 Å². The van der Waals surface area contributed by atoms with Crippen LogP contribution < -0.4 is 0 Å². The minimum atomic E-state index is -0.859. The molecular formula is C6H9N3O2. The number of aryl methyl sites for hydroxylation is 1. The van der Waals surface area contributed by atoms with Crippen molar-refractivity contribution in [2.24, 2.45) is 0 Å². The first kappa shape index (κ1) is 7.71. The zero-order valence-corrected chi connectivity index (χ0v) is 6.19. The minimum Gasteiger partial charge on any atom is -0.481 e. The van der Waals surface area contributed by atoms with E-state index < -0.39 is 5.97 Å². The third-order valence-corrected chi connectivity index (χ3v) is 1.33. The van der Waals surface area contributed by atoms with Crippen LogP contribution in [0.1, 0.15) is 12.6 Å². The van der Waals surface area contributed by atoms with Crippen LogP contribution in [0.2, 0.25) is 0 Å². The summed E-state index contributed by atoms with van der Waals surface area (Å²) in [5.74, 6) is -0.859. The van der Waals surface area contributed by atoms with Gasteiger partial charge in [-0.15, -0.1) is 5.10 Å². The van der Waals surface area contributed by atoms with Crippen LogP contribution in [-0.4, -0.2) is 26.1 Å². The average molecular weight is 155 g/mol. The predicted octanol–water partition coefficient (Wildman–Crippen LogP) is -0.0749. The highest BCUT2D eigenvalue weighted by Gasteiger charge is 2.05. The van der Waals surface area contributed by atoms with Crippen molar-refractivity contribution < 1.29 is 9.90 Å². The van der Waals surface area contributed by atoms with E-state index in [2.05, 4.69) is 10.3 Å². The maximum atomic E-state index is 10.3. The third kappa shape index (κ3) is 1.76. The molecule has 0 spiro atoms. The lowest BCUT2D eigenvalue weighted by molar-refractivity contribution is -0.136. The first-order chi connectivity index (χ1) is 5.24. The van der Waals surface area contributed by atoms with Crippen LogP contribution in [0.4, 0.5) is 0 Å². The summed E-state index contributed by atoms with van der Waals surface area (Å²) >= 11 is 0. The van der Waals surface area contributed by atoms with E-state index in [1.54, 1.807) is 4.68 Å². The number of nitrogens with zero attached hydrogens (tertiary/aromatic N) is 3. The van der Waals surface area contributed by atoms with Gasteiger partial charge in [-0.1, -0.05) is 5.21 Å². The van der Waals surface area contributed by atoms with Crippen LogP contribution >= 0.6 is 0 Å². The first-order valence-electron chi connectivity index (χ1n) is 3.33. The maximum Gasteiger partial charge on any atom is 0.309 e. The summed E-state index contributed by atoms with van der Waals surface area (Å²) in [7, 11) is 0. The number of rotatable bonds is 3. The second-order valence-electron chi connectivity index (χ2n) is 2.11. The molecule has 1 rings (SSSR count). The van der Waals surface area contributed by atoms with E-state index >= 15 is 0 Å². The minimum absolute atomic E-state index is 0.0131. The number of carboxylic acid groups (broad SMARTS) is 1. The highest BCUT2D eigenvalue weighted by molar-refractivity contribution is 5.69. The van der Waals surface area contributed by atoms with Crippen molar-refractivity contribution in [3.8, 4) is 0 Å². The molecule has 1 heterocycles. The summed E-state index contributed by atoms with van der Waals surface area (Å²) in [6.07, 6.45) is 1.46. The molecule has 0 unspecified atom stereocenters. The largest absolute Gasteiger partial charge is 0.481 e. The Kier molecular flexibility index (Phi) is 2.20. The lowest BCUT2D eigenvalue weighted by atomic mass is 10.3. The Morgan fingerprint density at radius 2 is 2.55 bits per heavy atom. The van der Waals surface area contributed by atoms with Crippen LogP contribution in [0.15, 0.2) is 6.20 Å². The molecule has 0 aliphatic heterocycles. The molecule has 1 aromatic heterocycles. The van der Waals surface area contributed by atoms with Gasteiger partial charge in [0, 0.05) is 6.54 Å². The second kappa shape index (κ2) is 3.14. The number of carbonyl (C=O) groups is 1. The SMILES string of the molecule is CCn1nncc1CC(=O)O. The van der Waals surface area contributed by atoms with Gasteiger partial charge in [-0.25, -0.2) is 4.68 Å². The molecule has 0 aliphatic carbocycles. The van der Waals surface area contributed by atoms with Crippen molar-refractivity contribution >= 4 is 5.97 Å². The molecule has 1 aromatic rings. The third-order valence-electron chi connectivity index (χ3n) is 1.33. The highest BCUT2D eigenvalue weighted by atomic mass is 16.4. The van der Waals surface area contributed by atoms with Crippen molar-refractivity contribution in [3.63, 3.8) is 0 Å². The number of carboxylic acids is 1. The molecule has 11 heavy (non-hydrogen) atoms. The molecule has 0 saturated carbocycles. The molecule has 60 valence electrons. The molecule has 1 N–H and O–H groups in total. The summed E-state index contributed by atoms with van der Waals surface area (Å²) in [5, 5.41) is 15.7. The van der Waals surface area contributed by atoms with Crippen molar-refractivity contribution in [2.45, 2.75) is 19.9 Å². The molecule has 0 bridgehead atoms. The van der Waals surface area contributed by atoms with Crippen molar-refractivity contribution in [1.29, 1.82) is 0 Å². The van der Waals surface area contributed by atoms with Gasteiger partial charge in [0.2, 0.25) is 0 Å². The fourth-order valence-electron chi connectivity index (χ4n) is 0.837. The highest BCUT2D eigenvalue weighted by Crippen LogP contribution is 1.96. The van der Waals surface area contributed by atoms with E-state index in [1.165, 1.54) is 6.20 Å². The van der Waals surface area contributed by atoms with Crippen LogP contribution in [0.3, 0.4) is 0 Å². The Morgan fingerprint density at radius 1 is 1.82 bits per heavy atom. The fourth-order valence-corrected chi connectivity index (χ4v) is 0.837. The van der Waals surface area contributed by atoms with E-state index in [-0.39, 0.29) is 6.42 Å². The number of hydrogen-bond donors (Lipinski definition) is 1. The van der Waals surface area contributed by atoms with Crippen LogP contribution in [0, 0.1) is 0 Å². The van der Waals surface area contributed by atoms with Crippen molar-refractivity contribution in [1.82, 2.24) is 15.0 Å². The summed E-state index contributed by atoms with van der Waals surface area (Å²) in [6.45, 7) is 2.54. The topological polar surface area (TPSA) is 68.0 Å². The predicted molar refractivity (Wildman–Crippen MR) is 37.0 cm³/mol. The van der Waals surface area contributed by atoms with E-state index in [4.69, 9.17) is 5.11 Å². The molecule has 0 aliphatic rings. The number of aromatic nitrogens is 3. The summed E-state index contributed by atoms with van der Waals surface area (Å²) in [5.41, 5.74) is 0.639. The lowest BCUT2D eigenvalue weighted by Crippen LogP contribution is -2.08. The maximum absolute atomic E-state index is 10.3. The van der Waals surface area contributed by atoms with Gasteiger partial charge in [0.05, 0.1) is 18.3 Å². The Labute approximate surface area is 63.6 Å².